The molecule has 1 aliphatic rings. The molecule has 5 nitrogen and oxygen atoms in total. The molecule has 1 fully saturated rings. The topological polar surface area (TPSA) is 66.5 Å². The lowest BCUT2D eigenvalue weighted by Gasteiger charge is -2.31. The molecule has 7 heteroatoms. The minimum Gasteiger partial charge on any atom is -0.338 e. The Bertz CT molecular complexity index is 1000. The minimum atomic E-state index is -3.92. The first kappa shape index (κ1) is 20.7. The fourth-order valence-corrected chi connectivity index (χ4v) is 4.99. The van der Waals surface area contributed by atoms with Gasteiger partial charge in [0.15, 0.2) is 0 Å². The third-order valence-corrected chi connectivity index (χ3v) is 7.03. The molecule has 0 spiro atoms. The second-order valence-corrected chi connectivity index (χ2v) is 9.61. The summed E-state index contributed by atoms with van der Waals surface area (Å²) in [5.74, 6) is 0.283. The molecular formula is C21H25ClN2O3S. The number of hydrogen-bond donors (Lipinski definition) is 1. The van der Waals surface area contributed by atoms with Gasteiger partial charge in [0.25, 0.3) is 15.9 Å². The SMILES string of the molecule is Cc1ccc(NS(=O)(=O)c2cc(C(=O)N3CCC[C@H](C)C3)ccc2Cl)cc1C. The molecule has 0 radical (unpaired) electrons. The lowest BCUT2D eigenvalue weighted by Crippen LogP contribution is -2.39. The highest BCUT2D eigenvalue weighted by atomic mass is 35.5. The summed E-state index contributed by atoms with van der Waals surface area (Å²) in [6.45, 7) is 7.36. The van der Waals surface area contributed by atoms with Gasteiger partial charge >= 0.3 is 0 Å². The first-order chi connectivity index (χ1) is 13.2. The number of carbonyl (C=O) groups excluding carboxylic acids is 1. The number of amides is 1. The number of carbonyl (C=O) groups is 1. The molecule has 2 aromatic rings. The van der Waals surface area contributed by atoms with E-state index < -0.39 is 10.0 Å². The zero-order chi connectivity index (χ0) is 20.5. The van der Waals surface area contributed by atoms with Gasteiger partial charge in [0, 0.05) is 24.3 Å². The average Bonchev–Trinajstić information content (AvgIpc) is 2.64. The molecule has 150 valence electrons. The summed E-state index contributed by atoms with van der Waals surface area (Å²) in [6, 6.07) is 9.75. The molecule has 1 N–H and O–H groups in total. The molecule has 1 atom stereocenters. The van der Waals surface area contributed by atoms with Crippen LogP contribution >= 0.6 is 11.6 Å². The number of sulfonamides is 1. The highest BCUT2D eigenvalue weighted by Crippen LogP contribution is 2.27. The molecule has 1 amide bonds. The number of nitrogens with zero attached hydrogens (tertiary/aromatic N) is 1. The second-order valence-electron chi connectivity index (χ2n) is 7.55. The number of benzene rings is 2. The number of nitrogens with one attached hydrogen (secondary N) is 1. The Morgan fingerprint density at radius 2 is 1.89 bits per heavy atom. The van der Waals surface area contributed by atoms with Gasteiger partial charge < -0.3 is 4.90 Å². The Morgan fingerprint density at radius 3 is 2.57 bits per heavy atom. The number of rotatable bonds is 4. The minimum absolute atomic E-state index is 0.0832. The average molecular weight is 421 g/mol. The summed E-state index contributed by atoms with van der Waals surface area (Å²) in [5, 5.41) is 0.0832. The number of piperidine rings is 1. The summed E-state index contributed by atoms with van der Waals surface area (Å²) in [5.41, 5.74) is 2.85. The van der Waals surface area contributed by atoms with Crippen molar-refractivity contribution in [1.29, 1.82) is 0 Å². The molecular weight excluding hydrogens is 396 g/mol. The van der Waals surface area contributed by atoms with Crippen LogP contribution in [-0.4, -0.2) is 32.3 Å². The van der Waals surface area contributed by atoms with Crippen LogP contribution in [0.5, 0.6) is 0 Å². The normalized spacial score (nSPS) is 17.4. The van der Waals surface area contributed by atoms with E-state index in [1.165, 1.54) is 12.1 Å². The van der Waals surface area contributed by atoms with E-state index in [0.29, 0.717) is 30.3 Å². The highest BCUT2D eigenvalue weighted by Gasteiger charge is 2.25. The van der Waals surface area contributed by atoms with Gasteiger partial charge in [-0.3, -0.25) is 9.52 Å². The Morgan fingerprint density at radius 1 is 1.14 bits per heavy atom. The van der Waals surface area contributed by atoms with Crippen LogP contribution in [0, 0.1) is 19.8 Å². The van der Waals surface area contributed by atoms with Crippen LogP contribution in [0.1, 0.15) is 41.3 Å². The fourth-order valence-electron chi connectivity index (χ4n) is 3.41. The van der Waals surface area contributed by atoms with Gasteiger partial charge in [-0.2, -0.15) is 0 Å². The molecule has 0 unspecified atom stereocenters. The summed E-state index contributed by atoms with van der Waals surface area (Å²) in [4.78, 5) is 14.5. The third kappa shape index (κ3) is 4.50. The molecule has 0 saturated carbocycles. The monoisotopic (exact) mass is 420 g/mol. The lowest BCUT2D eigenvalue weighted by atomic mass is 9.99. The van der Waals surface area contributed by atoms with E-state index in [1.807, 2.05) is 19.9 Å². The zero-order valence-electron chi connectivity index (χ0n) is 16.3. The van der Waals surface area contributed by atoms with E-state index in [0.717, 1.165) is 24.0 Å². The largest absolute Gasteiger partial charge is 0.338 e. The molecule has 1 heterocycles. The molecule has 28 heavy (non-hydrogen) atoms. The number of likely N-dealkylation sites (tertiary alicyclic amines) is 1. The van der Waals surface area contributed by atoms with Crippen molar-refractivity contribution in [2.75, 3.05) is 17.8 Å². The quantitative estimate of drug-likeness (QED) is 0.784. The van der Waals surface area contributed by atoms with Gasteiger partial charge in [0.05, 0.1) is 5.02 Å². The van der Waals surface area contributed by atoms with Crippen LogP contribution in [-0.2, 0) is 10.0 Å². The number of hydrogen-bond acceptors (Lipinski definition) is 3. The molecule has 1 aliphatic heterocycles. The summed E-state index contributed by atoms with van der Waals surface area (Å²) >= 11 is 6.17. The van der Waals surface area contributed by atoms with E-state index >= 15 is 0 Å². The van der Waals surface area contributed by atoms with Crippen LogP contribution in [0.4, 0.5) is 5.69 Å². The second kappa shape index (κ2) is 8.13. The molecule has 0 bridgehead atoms. The Balaban J connectivity index is 1.89. The van der Waals surface area contributed by atoms with Crippen molar-refractivity contribution in [3.63, 3.8) is 0 Å². The maximum atomic E-state index is 12.9. The molecule has 2 aromatic carbocycles. The van der Waals surface area contributed by atoms with Gasteiger partial charge in [0.1, 0.15) is 4.90 Å². The van der Waals surface area contributed by atoms with Crippen molar-refractivity contribution in [3.8, 4) is 0 Å². The predicted molar refractivity (Wildman–Crippen MR) is 112 cm³/mol. The smallest absolute Gasteiger partial charge is 0.263 e. The van der Waals surface area contributed by atoms with E-state index in [9.17, 15) is 13.2 Å². The van der Waals surface area contributed by atoms with Crippen molar-refractivity contribution in [3.05, 3.63) is 58.1 Å². The maximum Gasteiger partial charge on any atom is 0.263 e. The zero-order valence-corrected chi connectivity index (χ0v) is 17.9. The van der Waals surface area contributed by atoms with E-state index in [1.54, 1.807) is 23.1 Å². The van der Waals surface area contributed by atoms with Crippen molar-refractivity contribution < 1.29 is 13.2 Å². The van der Waals surface area contributed by atoms with E-state index in [4.69, 9.17) is 11.6 Å². The van der Waals surface area contributed by atoms with Crippen molar-refractivity contribution in [2.24, 2.45) is 5.92 Å². The van der Waals surface area contributed by atoms with E-state index in [-0.39, 0.29) is 15.8 Å². The summed E-state index contributed by atoms with van der Waals surface area (Å²) in [7, 11) is -3.92. The van der Waals surface area contributed by atoms with Crippen LogP contribution in [0.2, 0.25) is 5.02 Å². The number of halogens is 1. The first-order valence-corrected chi connectivity index (χ1v) is 11.2. The number of aryl methyl sites for hydroxylation is 2. The lowest BCUT2D eigenvalue weighted by molar-refractivity contribution is 0.0683. The van der Waals surface area contributed by atoms with Gasteiger partial charge in [0.2, 0.25) is 0 Å². The Kier molecular flexibility index (Phi) is 6.01. The van der Waals surface area contributed by atoms with Gasteiger partial charge in [-0.15, -0.1) is 0 Å². The fraction of sp³-hybridized carbons (Fsp3) is 0.381. The molecule has 3 rings (SSSR count). The van der Waals surface area contributed by atoms with Gasteiger partial charge in [-0.25, -0.2) is 8.42 Å². The maximum absolute atomic E-state index is 12.9. The van der Waals surface area contributed by atoms with Crippen LogP contribution in [0.25, 0.3) is 0 Å². The third-order valence-electron chi connectivity index (χ3n) is 5.17. The summed E-state index contributed by atoms with van der Waals surface area (Å²) < 4.78 is 28.4. The van der Waals surface area contributed by atoms with Gasteiger partial charge in [-0.1, -0.05) is 24.6 Å². The highest BCUT2D eigenvalue weighted by molar-refractivity contribution is 7.92. The Labute approximate surface area is 171 Å². The molecule has 1 saturated heterocycles. The van der Waals surface area contributed by atoms with Crippen molar-refractivity contribution in [1.82, 2.24) is 4.90 Å². The molecule has 0 aromatic heterocycles. The van der Waals surface area contributed by atoms with Gasteiger partial charge in [-0.05, 0) is 74.1 Å². The summed E-state index contributed by atoms with van der Waals surface area (Å²) in [6.07, 6.45) is 2.06. The molecule has 0 aliphatic carbocycles. The van der Waals surface area contributed by atoms with Crippen LogP contribution < -0.4 is 4.72 Å². The predicted octanol–water partition coefficient (Wildman–Crippen LogP) is 4.63. The Hall–Kier alpha value is -2.05. The standard InChI is InChI=1S/C21H25ClN2O3S/c1-14-5-4-10-24(13-14)21(25)17-7-9-19(22)20(12-17)28(26,27)23-18-8-6-15(2)16(3)11-18/h6-9,11-12,14,23H,4-5,10,13H2,1-3H3/t14-/m0/s1. The van der Waals surface area contributed by atoms with E-state index in [2.05, 4.69) is 11.6 Å². The van der Waals surface area contributed by atoms with Crippen LogP contribution in [0.15, 0.2) is 41.3 Å². The van der Waals surface area contributed by atoms with Crippen molar-refractivity contribution in [2.45, 2.75) is 38.5 Å². The first-order valence-electron chi connectivity index (χ1n) is 9.36. The van der Waals surface area contributed by atoms with Crippen molar-refractivity contribution >= 4 is 33.2 Å². The number of anilines is 1. The van der Waals surface area contributed by atoms with Crippen LogP contribution in [0.3, 0.4) is 0 Å².